The van der Waals surface area contributed by atoms with E-state index in [1.54, 1.807) is 24.3 Å². The molecule has 0 atom stereocenters. The highest BCUT2D eigenvalue weighted by Crippen LogP contribution is 2.11. The molecule has 1 aliphatic heterocycles. The van der Waals surface area contributed by atoms with Gasteiger partial charge in [-0.1, -0.05) is 11.6 Å². The maximum Gasteiger partial charge on any atom is 0.279 e. The number of ether oxygens (including phenoxy) is 1. The van der Waals surface area contributed by atoms with E-state index >= 15 is 0 Å². The van der Waals surface area contributed by atoms with E-state index in [1.807, 2.05) is 4.90 Å². The van der Waals surface area contributed by atoms with Crippen LogP contribution in [-0.4, -0.2) is 42.4 Å². The molecule has 1 aromatic rings. The Morgan fingerprint density at radius 1 is 1.22 bits per heavy atom. The summed E-state index contributed by atoms with van der Waals surface area (Å²) in [5.41, 5.74) is 0.464. The highest BCUT2D eigenvalue weighted by Gasteiger charge is 2.15. The van der Waals surface area contributed by atoms with E-state index in [0.29, 0.717) is 36.9 Å². The lowest BCUT2D eigenvalue weighted by atomic mass is 10.2. The molecule has 0 aliphatic carbocycles. The maximum atomic E-state index is 11.8. The van der Waals surface area contributed by atoms with Crippen molar-refractivity contribution in [2.75, 3.05) is 26.3 Å². The van der Waals surface area contributed by atoms with Crippen molar-refractivity contribution in [2.45, 2.75) is 0 Å². The second kappa shape index (κ2) is 6.18. The normalized spacial score (nSPS) is 16.8. The predicted octanol–water partition coefficient (Wildman–Crippen LogP) is 2.41. The van der Waals surface area contributed by atoms with Crippen LogP contribution in [0.4, 0.5) is 0 Å². The number of carbonyl (C=O) groups is 1. The lowest BCUT2D eigenvalue weighted by molar-refractivity contribution is 0.0688. The molecule has 0 aromatic heterocycles. The molecule has 0 saturated carbocycles. The fourth-order valence-corrected chi connectivity index (χ4v) is 1.93. The molecule has 1 aliphatic rings. The Bertz CT molecular complexity index is 454. The summed E-state index contributed by atoms with van der Waals surface area (Å²) < 4.78 is 5.20. The van der Waals surface area contributed by atoms with Crippen LogP contribution in [0.1, 0.15) is 10.4 Å². The number of nitrogens with zero attached hydrogens (tertiary/aromatic N) is 2. The number of aliphatic imine (C=N–C) groups is 1. The molecule has 1 saturated heterocycles. The first-order valence-corrected chi connectivity index (χ1v) is 6.29. The Morgan fingerprint density at radius 3 is 2.44 bits per heavy atom. The summed E-state index contributed by atoms with van der Waals surface area (Å²) in [6.07, 6.45) is 0. The lowest BCUT2D eigenvalue weighted by Gasteiger charge is -2.26. The van der Waals surface area contributed by atoms with Crippen LogP contribution in [0.2, 0.25) is 5.02 Å². The highest BCUT2D eigenvalue weighted by atomic mass is 35.5. The van der Waals surface area contributed by atoms with Crippen molar-refractivity contribution in [2.24, 2.45) is 4.99 Å². The quantitative estimate of drug-likeness (QED) is 0.452. The van der Waals surface area contributed by atoms with Gasteiger partial charge in [0.05, 0.1) is 13.2 Å². The van der Waals surface area contributed by atoms with E-state index in [1.165, 1.54) is 0 Å². The molecule has 0 unspecified atom stereocenters. The minimum atomic E-state index is -0.372. The van der Waals surface area contributed by atoms with Gasteiger partial charge in [0.15, 0.2) is 0 Å². The molecule has 0 spiro atoms. The molecule has 1 heterocycles. The Hall–Kier alpha value is -1.10. The third-order valence-corrected chi connectivity index (χ3v) is 3.13. The van der Waals surface area contributed by atoms with Crippen molar-refractivity contribution < 1.29 is 9.53 Å². The monoisotopic (exact) mass is 286 g/mol. The molecule has 0 N–H and O–H groups in total. The van der Waals surface area contributed by atoms with E-state index in [0.717, 1.165) is 0 Å². The van der Waals surface area contributed by atoms with Crippen LogP contribution >= 0.6 is 23.2 Å². The molecule has 0 radical (unpaired) electrons. The fraction of sp³-hybridized carbons (Fsp3) is 0.333. The number of morpholine rings is 1. The molecule has 1 amide bonds. The molecule has 2 rings (SSSR count). The van der Waals surface area contributed by atoms with Gasteiger partial charge < -0.3 is 9.64 Å². The third kappa shape index (κ3) is 3.45. The fourth-order valence-electron chi connectivity index (χ4n) is 1.56. The smallest absolute Gasteiger partial charge is 0.279 e. The molecule has 18 heavy (non-hydrogen) atoms. The minimum absolute atomic E-state index is 0.207. The number of rotatable bonds is 1. The minimum Gasteiger partial charge on any atom is -0.378 e. The number of benzene rings is 1. The van der Waals surface area contributed by atoms with E-state index in [2.05, 4.69) is 4.99 Å². The Morgan fingerprint density at radius 2 is 1.83 bits per heavy atom. The zero-order valence-corrected chi connectivity index (χ0v) is 11.1. The Balaban J connectivity index is 2.06. The summed E-state index contributed by atoms with van der Waals surface area (Å²) in [6, 6.07) is 6.54. The molecule has 6 heteroatoms. The maximum absolute atomic E-state index is 11.8. The van der Waals surface area contributed by atoms with Gasteiger partial charge in [0, 0.05) is 23.7 Å². The number of carbonyl (C=O) groups excluding carboxylic acids is 1. The summed E-state index contributed by atoms with van der Waals surface area (Å²) in [4.78, 5) is 17.5. The number of amidine groups is 1. The van der Waals surface area contributed by atoms with Gasteiger partial charge in [0.1, 0.15) is 0 Å². The van der Waals surface area contributed by atoms with Crippen LogP contribution in [0.3, 0.4) is 0 Å². The number of hydrogen-bond donors (Lipinski definition) is 0. The van der Waals surface area contributed by atoms with Gasteiger partial charge in [0.2, 0.25) is 5.29 Å². The zero-order chi connectivity index (χ0) is 13.0. The summed E-state index contributed by atoms with van der Waals surface area (Å²) >= 11 is 11.8. The molecule has 1 aromatic carbocycles. The van der Waals surface area contributed by atoms with Crippen molar-refractivity contribution >= 4 is 34.4 Å². The van der Waals surface area contributed by atoms with Crippen LogP contribution in [0.15, 0.2) is 29.3 Å². The zero-order valence-electron chi connectivity index (χ0n) is 9.60. The molecule has 96 valence electrons. The second-order valence-corrected chi connectivity index (χ2v) is 4.57. The van der Waals surface area contributed by atoms with Gasteiger partial charge in [-0.05, 0) is 35.9 Å². The first-order chi connectivity index (χ1) is 8.66. The molecule has 4 nitrogen and oxygen atoms in total. The number of halogens is 2. The second-order valence-electron chi connectivity index (χ2n) is 3.79. The summed E-state index contributed by atoms with van der Waals surface area (Å²) in [5, 5.41) is 0.785. The van der Waals surface area contributed by atoms with Crippen molar-refractivity contribution in [1.29, 1.82) is 0 Å². The van der Waals surface area contributed by atoms with Crippen LogP contribution in [-0.2, 0) is 4.74 Å². The first-order valence-electron chi connectivity index (χ1n) is 5.53. The molecular formula is C12H12Cl2N2O2. The first kappa shape index (κ1) is 13.3. The van der Waals surface area contributed by atoms with Crippen LogP contribution in [0.25, 0.3) is 0 Å². The average molecular weight is 287 g/mol. The van der Waals surface area contributed by atoms with E-state index in [-0.39, 0.29) is 11.2 Å². The van der Waals surface area contributed by atoms with Gasteiger partial charge in [-0.2, -0.15) is 4.99 Å². The summed E-state index contributed by atoms with van der Waals surface area (Å²) in [6.45, 7) is 2.49. The van der Waals surface area contributed by atoms with Crippen molar-refractivity contribution in [3.05, 3.63) is 34.9 Å². The van der Waals surface area contributed by atoms with Gasteiger partial charge in [-0.3, -0.25) is 4.79 Å². The molecular weight excluding hydrogens is 275 g/mol. The van der Waals surface area contributed by atoms with Crippen LogP contribution < -0.4 is 0 Å². The lowest BCUT2D eigenvalue weighted by Crippen LogP contribution is -2.38. The topological polar surface area (TPSA) is 41.9 Å². The van der Waals surface area contributed by atoms with E-state index in [4.69, 9.17) is 27.9 Å². The average Bonchev–Trinajstić information content (AvgIpc) is 2.40. The summed E-state index contributed by atoms with van der Waals surface area (Å²) in [7, 11) is 0. The Labute approximate surface area is 115 Å². The number of amides is 1. The van der Waals surface area contributed by atoms with Crippen molar-refractivity contribution in [1.82, 2.24) is 4.90 Å². The van der Waals surface area contributed by atoms with Crippen LogP contribution in [0, 0.1) is 0 Å². The van der Waals surface area contributed by atoms with Gasteiger partial charge in [-0.15, -0.1) is 0 Å². The van der Waals surface area contributed by atoms with Crippen molar-refractivity contribution in [3.8, 4) is 0 Å². The van der Waals surface area contributed by atoms with Crippen LogP contribution in [0.5, 0.6) is 0 Å². The number of hydrogen-bond acceptors (Lipinski definition) is 2. The van der Waals surface area contributed by atoms with E-state index in [9.17, 15) is 4.79 Å². The third-order valence-electron chi connectivity index (χ3n) is 2.56. The van der Waals surface area contributed by atoms with Gasteiger partial charge >= 0.3 is 0 Å². The largest absolute Gasteiger partial charge is 0.378 e. The van der Waals surface area contributed by atoms with Gasteiger partial charge in [0.25, 0.3) is 5.91 Å². The van der Waals surface area contributed by atoms with Crippen molar-refractivity contribution in [3.63, 3.8) is 0 Å². The standard InChI is InChI=1S/C12H12Cl2N2O2/c13-10-3-1-9(2-4-10)11(17)15-12(14)16-5-7-18-8-6-16/h1-4H,5-8H2. The van der Waals surface area contributed by atoms with E-state index < -0.39 is 0 Å². The SMILES string of the molecule is O=C(N=C(Cl)N1CCOCC1)c1ccc(Cl)cc1. The summed E-state index contributed by atoms with van der Waals surface area (Å²) in [5.74, 6) is -0.372. The Kier molecular flexibility index (Phi) is 4.58. The highest BCUT2D eigenvalue weighted by molar-refractivity contribution is 6.65. The molecule has 0 bridgehead atoms. The van der Waals surface area contributed by atoms with Gasteiger partial charge in [-0.25, -0.2) is 0 Å². The molecule has 1 fully saturated rings. The predicted molar refractivity (Wildman–Crippen MR) is 71.5 cm³/mol.